The summed E-state index contributed by atoms with van der Waals surface area (Å²) in [6.07, 6.45) is 1.05. The molecule has 3 aromatic carbocycles. The minimum absolute atomic E-state index is 0.148. The first kappa shape index (κ1) is 17.1. The Balaban J connectivity index is 1.55. The molecule has 3 nitrogen and oxygen atoms in total. The summed E-state index contributed by atoms with van der Waals surface area (Å²) in [5, 5.41) is 5.06. The lowest BCUT2D eigenvalue weighted by atomic mass is 9.93. The molecule has 0 fully saturated rings. The van der Waals surface area contributed by atoms with Crippen molar-refractivity contribution in [3.63, 3.8) is 0 Å². The average molecular weight is 368 g/mol. The number of H-pyrrole nitrogens is 1. The van der Waals surface area contributed by atoms with Gasteiger partial charge in [0.05, 0.1) is 6.04 Å². The van der Waals surface area contributed by atoms with E-state index in [9.17, 15) is 0 Å². The largest absolute Gasteiger partial charge is 0.457 e. The van der Waals surface area contributed by atoms with E-state index in [0.717, 1.165) is 24.5 Å². The predicted octanol–water partition coefficient (Wildman–Crippen LogP) is 5.81. The van der Waals surface area contributed by atoms with E-state index in [2.05, 4.69) is 54.5 Å². The van der Waals surface area contributed by atoms with Gasteiger partial charge >= 0.3 is 0 Å². The summed E-state index contributed by atoms with van der Waals surface area (Å²) >= 11 is 0. The van der Waals surface area contributed by atoms with Crippen LogP contribution in [0.2, 0.25) is 0 Å². The van der Waals surface area contributed by atoms with Crippen molar-refractivity contribution in [1.29, 1.82) is 0 Å². The molecule has 0 bridgehead atoms. The molecule has 0 aliphatic carbocycles. The van der Waals surface area contributed by atoms with Crippen molar-refractivity contribution in [3.8, 4) is 11.5 Å². The van der Waals surface area contributed by atoms with Gasteiger partial charge in [-0.2, -0.15) is 0 Å². The van der Waals surface area contributed by atoms with Gasteiger partial charge in [0.25, 0.3) is 0 Å². The molecule has 0 radical (unpaired) electrons. The van der Waals surface area contributed by atoms with E-state index in [-0.39, 0.29) is 6.04 Å². The van der Waals surface area contributed by atoms with Crippen LogP contribution in [-0.2, 0) is 6.42 Å². The van der Waals surface area contributed by atoms with Crippen molar-refractivity contribution in [1.82, 2.24) is 10.3 Å². The van der Waals surface area contributed by atoms with Crippen LogP contribution in [0.15, 0.2) is 66.7 Å². The van der Waals surface area contributed by atoms with E-state index in [1.807, 2.05) is 36.4 Å². The second kappa shape index (κ2) is 6.84. The number of nitrogens with one attached hydrogen (secondary N) is 2. The van der Waals surface area contributed by atoms with E-state index in [1.54, 1.807) is 0 Å². The molecule has 0 spiro atoms. The molecule has 1 aliphatic heterocycles. The number of aromatic nitrogens is 1. The van der Waals surface area contributed by atoms with Crippen molar-refractivity contribution < 1.29 is 4.74 Å². The number of aromatic amines is 1. The zero-order valence-corrected chi connectivity index (χ0v) is 16.3. The number of rotatable bonds is 3. The third kappa shape index (κ3) is 2.98. The maximum Gasteiger partial charge on any atom is 0.127 e. The molecule has 1 aliphatic rings. The number of aryl methyl sites for hydroxylation is 2. The van der Waals surface area contributed by atoms with Crippen molar-refractivity contribution >= 4 is 10.9 Å². The Morgan fingerprint density at radius 1 is 0.893 bits per heavy atom. The Morgan fingerprint density at radius 3 is 2.57 bits per heavy atom. The highest BCUT2D eigenvalue weighted by Crippen LogP contribution is 2.36. The Kier molecular flexibility index (Phi) is 4.18. The molecule has 1 atom stereocenters. The van der Waals surface area contributed by atoms with Gasteiger partial charge in [-0.3, -0.25) is 0 Å². The zero-order chi connectivity index (χ0) is 19.1. The van der Waals surface area contributed by atoms with Gasteiger partial charge in [-0.1, -0.05) is 42.0 Å². The number of hydrogen-bond acceptors (Lipinski definition) is 2. The Labute approximate surface area is 165 Å². The summed E-state index contributed by atoms with van der Waals surface area (Å²) in [5.41, 5.74) is 7.84. The molecule has 2 N–H and O–H groups in total. The van der Waals surface area contributed by atoms with Gasteiger partial charge in [-0.25, -0.2) is 0 Å². The standard InChI is InChI=1S/C25H24N2O/c1-16-13-17(2)23-22(14-16)21-11-12-26-24(25(21)27-23)18-7-6-10-20(15-18)28-19-8-4-3-5-9-19/h3-10,13-15,24,26-27H,11-12H2,1-2H3. The fourth-order valence-electron chi connectivity index (χ4n) is 4.35. The van der Waals surface area contributed by atoms with Crippen molar-refractivity contribution in [2.45, 2.75) is 26.3 Å². The molecule has 2 heterocycles. The molecule has 140 valence electrons. The highest BCUT2D eigenvalue weighted by molar-refractivity contribution is 5.88. The second-order valence-electron chi connectivity index (χ2n) is 7.65. The van der Waals surface area contributed by atoms with Gasteiger partial charge in [-0.05, 0) is 67.3 Å². The first-order valence-electron chi connectivity index (χ1n) is 9.87. The van der Waals surface area contributed by atoms with Crippen LogP contribution in [0.5, 0.6) is 11.5 Å². The van der Waals surface area contributed by atoms with Gasteiger partial charge in [-0.15, -0.1) is 0 Å². The lowest BCUT2D eigenvalue weighted by Gasteiger charge is -2.25. The van der Waals surface area contributed by atoms with Crippen LogP contribution in [0.25, 0.3) is 10.9 Å². The van der Waals surface area contributed by atoms with Crippen LogP contribution in [0.1, 0.15) is 34.0 Å². The summed E-state index contributed by atoms with van der Waals surface area (Å²) in [7, 11) is 0. The molecular weight excluding hydrogens is 344 g/mol. The van der Waals surface area contributed by atoms with Crippen molar-refractivity contribution in [3.05, 3.63) is 94.7 Å². The van der Waals surface area contributed by atoms with Gasteiger partial charge in [0, 0.05) is 23.1 Å². The van der Waals surface area contributed by atoms with Crippen LogP contribution in [0.4, 0.5) is 0 Å². The van der Waals surface area contributed by atoms with E-state index < -0.39 is 0 Å². The number of benzene rings is 3. The Morgan fingerprint density at radius 2 is 1.71 bits per heavy atom. The predicted molar refractivity (Wildman–Crippen MR) is 114 cm³/mol. The molecular formula is C25H24N2O. The van der Waals surface area contributed by atoms with Crippen LogP contribution in [-0.4, -0.2) is 11.5 Å². The molecule has 5 rings (SSSR count). The average Bonchev–Trinajstić information content (AvgIpc) is 3.08. The van der Waals surface area contributed by atoms with E-state index in [4.69, 9.17) is 4.74 Å². The van der Waals surface area contributed by atoms with Crippen molar-refractivity contribution in [2.24, 2.45) is 0 Å². The fraction of sp³-hybridized carbons (Fsp3) is 0.200. The minimum Gasteiger partial charge on any atom is -0.457 e. The second-order valence-corrected chi connectivity index (χ2v) is 7.65. The molecule has 28 heavy (non-hydrogen) atoms. The number of ether oxygens (including phenoxy) is 1. The topological polar surface area (TPSA) is 37.0 Å². The SMILES string of the molecule is Cc1cc(C)c2[nH]c3c(c2c1)CCNC3c1cccc(Oc2ccccc2)c1. The molecule has 1 aromatic heterocycles. The summed E-state index contributed by atoms with van der Waals surface area (Å²) in [6, 6.07) is 23.0. The fourth-order valence-corrected chi connectivity index (χ4v) is 4.35. The smallest absolute Gasteiger partial charge is 0.127 e. The third-order valence-electron chi connectivity index (χ3n) is 5.57. The lowest BCUT2D eigenvalue weighted by molar-refractivity contribution is 0.479. The zero-order valence-electron chi connectivity index (χ0n) is 16.3. The quantitative estimate of drug-likeness (QED) is 0.479. The maximum absolute atomic E-state index is 6.05. The van der Waals surface area contributed by atoms with Gasteiger partial charge in [0.1, 0.15) is 11.5 Å². The van der Waals surface area contributed by atoms with Crippen molar-refractivity contribution in [2.75, 3.05) is 6.54 Å². The molecule has 0 amide bonds. The monoisotopic (exact) mass is 368 g/mol. The lowest BCUT2D eigenvalue weighted by Crippen LogP contribution is -2.30. The first-order chi connectivity index (χ1) is 13.7. The van der Waals surface area contributed by atoms with Gasteiger partial charge in [0.15, 0.2) is 0 Å². The summed E-state index contributed by atoms with van der Waals surface area (Å²) < 4.78 is 6.05. The third-order valence-corrected chi connectivity index (χ3v) is 5.57. The highest BCUT2D eigenvalue weighted by Gasteiger charge is 2.26. The Hall–Kier alpha value is -3.04. The summed E-state index contributed by atoms with van der Waals surface area (Å²) in [6.45, 7) is 5.34. The van der Waals surface area contributed by atoms with Gasteiger partial charge < -0.3 is 15.0 Å². The number of para-hydroxylation sites is 1. The van der Waals surface area contributed by atoms with Crippen LogP contribution >= 0.6 is 0 Å². The molecule has 4 aromatic rings. The van der Waals surface area contributed by atoms with Gasteiger partial charge in [0.2, 0.25) is 0 Å². The molecule has 0 saturated heterocycles. The maximum atomic E-state index is 6.05. The molecule has 1 unspecified atom stereocenters. The number of fused-ring (bicyclic) bond motifs is 3. The van der Waals surface area contributed by atoms with Crippen LogP contribution < -0.4 is 10.1 Å². The van der Waals surface area contributed by atoms with E-state index >= 15 is 0 Å². The summed E-state index contributed by atoms with van der Waals surface area (Å²) in [5.74, 6) is 1.72. The van der Waals surface area contributed by atoms with Crippen LogP contribution in [0.3, 0.4) is 0 Å². The Bertz CT molecular complexity index is 1140. The normalized spacial score (nSPS) is 16.1. The number of hydrogen-bond donors (Lipinski definition) is 2. The molecule has 0 saturated carbocycles. The molecule has 3 heteroatoms. The highest BCUT2D eigenvalue weighted by atomic mass is 16.5. The summed E-state index contributed by atoms with van der Waals surface area (Å²) in [4.78, 5) is 3.73. The van der Waals surface area contributed by atoms with E-state index in [1.165, 1.54) is 38.9 Å². The minimum atomic E-state index is 0.148. The van der Waals surface area contributed by atoms with Crippen LogP contribution in [0, 0.1) is 13.8 Å². The first-order valence-corrected chi connectivity index (χ1v) is 9.87. The van der Waals surface area contributed by atoms with E-state index in [0.29, 0.717) is 0 Å².